The first-order valence-corrected chi connectivity index (χ1v) is 5.20. The Morgan fingerprint density at radius 3 is 2.44 bits per heavy atom. The molecule has 1 N–H and O–H groups in total. The molecule has 0 radical (unpaired) electrons. The van der Waals surface area contributed by atoms with Gasteiger partial charge in [-0.1, -0.05) is 13.3 Å². The second kappa shape index (κ2) is 5.60. The lowest BCUT2D eigenvalue weighted by Gasteiger charge is -2.31. The van der Waals surface area contributed by atoms with Crippen LogP contribution in [0.15, 0.2) is 0 Å². The molecule has 90 valence electrons. The van der Waals surface area contributed by atoms with E-state index in [0.29, 0.717) is 6.42 Å². The van der Waals surface area contributed by atoms with Crippen LogP contribution in [-0.4, -0.2) is 47.0 Å². The van der Waals surface area contributed by atoms with Gasteiger partial charge in [0.15, 0.2) is 0 Å². The molecular formula is C10H15NO5. The highest BCUT2D eigenvalue weighted by Crippen LogP contribution is 2.15. The highest BCUT2D eigenvalue weighted by atomic mass is 16.5. The van der Waals surface area contributed by atoms with Crippen molar-refractivity contribution in [2.24, 2.45) is 0 Å². The second-order valence-electron chi connectivity index (χ2n) is 3.69. The van der Waals surface area contributed by atoms with Crippen molar-refractivity contribution < 1.29 is 24.2 Å². The fourth-order valence-corrected chi connectivity index (χ4v) is 1.77. The zero-order chi connectivity index (χ0) is 12.1. The number of aliphatic carboxylic acids is 1. The molecule has 1 rings (SSSR count). The van der Waals surface area contributed by atoms with Crippen LogP contribution >= 0.6 is 0 Å². The van der Waals surface area contributed by atoms with Crippen LogP contribution in [0.5, 0.6) is 0 Å². The summed E-state index contributed by atoms with van der Waals surface area (Å²) in [5.74, 6) is -1.91. The van der Waals surface area contributed by atoms with E-state index in [2.05, 4.69) is 0 Å². The average Bonchev–Trinajstić information content (AvgIpc) is 2.16. The highest BCUT2D eigenvalue weighted by Gasteiger charge is 2.33. The normalized spacial score (nSPS) is 18.7. The van der Waals surface area contributed by atoms with E-state index in [-0.39, 0.29) is 19.6 Å². The maximum Gasteiger partial charge on any atom is 0.305 e. The fourth-order valence-electron chi connectivity index (χ4n) is 1.77. The molecule has 0 aromatic rings. The van der Waals surface area contributed by atoms with Crippen molar-refractivity contribution in [1.82, 2.24) is 4.90 Å². The first-order valence-electron chi connectivity index (χ1n) is 5.20. The Balaban J connectivity index is 2.77. The van der Waals surface area contributed by atoms with Crippen LogP contribution in [0.3, 0.4) is 0 Å². The third-order valence-electron chi connectivity index (χ3n) is 2.39. The van der Waals surface area contributed by atoms with Crippen LogP contribution in [0, 0.1) is 0 Å². The molecule has 1 fully saturated rings. The highest BCUT2D eigenvalue weighted by molar-refractivity contribution is 5.99. The molecule has 1 aliphatic rings. The number of amides is 2. The summed E-state index contributed by atoms with van der Waals surface area (Å²) in [5.41, 5.74) is 0. The van der Waals surface area contributed by atoms with Gasteiger partial charge in [0.1, 0.15) is 13.2 Å². The van der Waals surface area contributed by atoms with Crippen LogP contribution in [0.4, 0.5) is 0 Å². The molecule has 0 aliphatic carbocycles. The molecular weight excluding hydrogens is 214 g/mol. The smallest absolute Gasteiger partial charge is 0.305 e. The van der Waals surface area contributed by atoms with E-state index < -0.39 is 23.8 Å². The summed E-state index contributed by atoms with van der Waals surface area (Å²) >= 11 is 0. The van der Waals surface area contributed by atoms with Gasteiger partial charge in [-0.05, 0) is 6.42 Å². The zero-order valence-electron chi connectivity index (χ0n) is 9.14. The second-order valence-corrected chi connectivity index (χ2v) is 3.69. The van der Waals surface area contributed by atoms with E-state index >= 15 is 0 Å². The molecule has 0 bridgehead atoms. The lowest BCUT2D eigenvalue weighted by molar-refractivity contribution is -0.162. The quantitative estimate of drug-likeness (QED) is 0.671. The van der Waals surface area contributed by atoms with Crippen molar-refractivity contribution in [2.45, 2.75) is 32.2 Å². The van der Waals surface area contributed by atoms with E-state index in [4.69, 9.17) is 9.84 Å². The summed E-state index contributed by atoms with van der Waals surface area (Å²) in [6.45, 7) is 1.58. The van der Waals surface area contributed by atoms with Crippen molar-refractivity contribution in [3.05, 3.63) is 0 Å². The summed E-state index contributed by atoms with van der Waals surface area (Å²) in [4.78, 5) is 34.7. The van der Waals surface area contributed by atoms with E-state index in [9.17, 15) is 14.4 Å². The maximum absolute atomic E-state index is 11.5. The van der Waals surface area contributed by atoms with Crippen LogP contribution in [0.1, 0.15) is 26.2 Å². The molecule has 1 aliphatic heterocycles. The number of ether oxygens (including phenoxy) is 1. The van der Waals surface area contributed by atoms with Gasteiger partial charge in [-0.3, -0.25) is 19.3 Å². The van der Waals surface area contributed by atoms with Crippen LogP contribution in [-0.2, 0) is 19.1 Å². The summed E-state index contributed by atoms with van der Waals surface area (Å²) in [7, 11) is 0. The number of rotatable bonds is 5. The van der Waals surface area contributed by atoms with Crippen LogP contribution in [0.25, 0.3) is 0 Å². The molecule has 6 nitrogen and oxygen atoms in total. The largest absolute Gasteiger partial charge is 0.481 e. The van der Waals surface area contributed by atoms with Gasteiger partial charge in [0.2, 0.25) is 0 Å². The first-order chi connectivity index (χ1) is 7.56. The number of carbonyl (C=O) groups excluding carboxylic acids is 2. The van der Waals surface area contributed by atoms with Gasteiger partial charge in [-0.15, -0.1) is 0 Å². The zero-order valence-corrected chi connectivity index (χ0v) is 9.14. The van der Waals surface area contributed by atoms with Crippen molar-refractivity contribution >= 4 is 17.8 Å². The van der Waals surface area contributed by atoms with Gasteiger partial charge >= 0.3 is 5.97 Å². The lowest BCUT2D eigenvalue weighted by Crippen LogP contribution is -2.52. The van der Waals surface area contributed by atoms with Crippen molar-refractivity contribution in [2.75, 3.05) is 13.2 Å². The summed E-state index contributed by atoms with van der Waals surface area (Å²) < 4.78 is 4.77. The minimum absolute atomic E-state index is 0.147. The minimum atomic E-state index is -1.01. The number of imide groups is 1. The predicted molar refractivity (Wildman–Crippen MR) is 53.6 cm³/mol. The topological polar surface area (TPSA) is 83.9 Å². The minimum Gasteiger partial charge on any atom is -0.481 e. The first kappa shape index (κ1) is 12.6. The Morgan fingerprint density at radius 1 is 1.44 bits per heavy atom. The number of carbonyl (C=O) groups is 3. The third kappa shape index (κ3) is 3.03. The van der Waals surface area contributed by atoms with Crippen LogP contribution in [0.2, 0.25) is 0 Å². The van der Waals surface area contributed by atoms with E-state index in [1.165, 1.54) is 0 Å². The van der Waals surface area contributed by atoms with E-state index in [1.54, 1.807) is 0 Å². The summed E-state index contributed by atoms with van der Waals surface area (Å²) in [6.07, 6.45) is 1.02. The molecule has 2 amide bonds. The Kier molecular flexibility index (Phi) is 4.42. The molecule has 0 aromatic heterocycles. The van der Waals surface area contributed by atoms with Gasteiger partial charge in [-0.25, -0.2) is 0 Å². The molecule has 0 saturated carbocycles. The molecule has 0 aromatic carbocycles. The molecule has 1 heterocycles. The summed E-state index contributed by atoms with van der Waals surface area (Å²) in [5, 5.41) is 8.73. The number of carboxylic acid groups (broad SMARTS) is 1. The molecule has 1 unspecified atom stereocenters. The number of morpholine rings is 1. The molecule has 0 spiro atoms. The number of hydrogen-bond acceptors (Lipinski definition) is 4. The summed E-state index contributed by atoms with van der Waals surface area (Å²) in [6, 6.07) is -0.550. The van der Waals surface area contributed by atoms with Gasteiger partial charge in [0.25, 0.3) is 11.8 Å². The number of carboxylic acids is 1. The Labute approximate surface area is 93.2 Å². The van der Waals surface area contributed by atoms with Gasteiger partial charge in [0.05, 0.1) is 12.5 Å². The van der Waals surface area contributed by atoms with Gasteiger partial charge in [0, 0.05) is 0 Å². The molecule has 1 saturated heterocycles. The van der Waals surface area contributed by atoms with E-state index in [1.807, 2.05) is 6.92 Å². The predicted octanol–water partition coefficient (Wildman–Crippen LogP) is 0.0152. The van der Waals surface area contributed by atoms with E-state index in [0.717, 1.165) is 11.3 Å². The fraction of sp³-hybridized carbons (Fsp3) is 0.700. The number of hydrogen-bond donors (Lipinski definition) is 1. The lowest BCUT2D eigenvalue weighted by atomic mass is 10.1. The maximum atomic E-state index is 11.5. The Bertz CT molecular complexity index is 286. The Morgan fingerprint density at radius 2 is 2.00 bits per heavy atom. The third-order valence-corrected chi connectivity index (χ3v) is 2.39. The number of nitrogens with zero attached hydrogens (tertiary/aromatic N) is 1. The average molecular weight is 229 g/mol. The SMILES string of the molecule is CCCC(CC(=O)O)N1C(=O)COCC1=O. The van der Waals surface area contributed by atoms with Crippen molar-refractivity contribution in [1.29, 1.82) is 0 Å². The Hall–Kier alpha value is -1.43. The monoisotopic (exact) mass is 229 g/mol. The van der Waals surface area contributed by atoms with Crippen molar-refractivity contribution in [3.63, 3.8) is 0 Å². The standard InChI is InChI=1S/C10H15NO5/c1-2-3-7(4-10(14)15)11-8(12)5-16-6-9(11)13/h7H,2-6H2,1H3,(H,14,15). The van der Waals surface area contributed by atoms with Gasteiger partial charge in [-0.2, -0.15) is 0 Å². The molecule has 6 heteroatoms. The molecule has 1 atom stereocenters. The van der Waals surface area contributed by atoms with Crippen molar-refractivity contribution in [3.8, 4) is 0 Å². The van der Waals surface area contributed by atoms with Crippen LogP contribution < -0.4 is 0 Å². The molecule has 16 heavy (non-hydrogen) atoms. The van der Waals surface area contributed by atoms with Gasteiger partial charge < -0.3 is 9.84 Å².